The second-order valence-electron chi connectivity index (χ2n) is 4.22. The van der Waals surface area contributed by atoms with Crippen molar-refractivity contribution in [1.82, 2.24) is 4.98 Å². The smallest absolute Gasteiger partial charge is 0.278 e. The maximum Gasteiger partial charge on any atom is 0.278 e. The number of H-pyrrole nitrogens is 1. The van der Waals surface area contributed by atoms with Gasteiger partial charge in [-0.15, -0.1) is 10.2 Å². The van der Waals surface area contributed by atoms with Crippen LogP contribution in [-0.4, -0.2) is 18.9 Å². The number of nitriles is 1. The zero-order valence-electron chi connectivity index (χ0n) is 11.6. The summed E-state index contributed by atoms with van der Waals surface area (Å²) in [7, 11) is 0. The number of benzene rings is 1. The van der Waals surface area contributed by atoms with Crippen LogP contribution in [-0.2, 0) is 11.4 Å². The molecule has 0 radical (unpaired) electrons. The fourth-order valence-electron chi connectivity index (χ4n) is 1.74. The van der Waals surface area contributed by atoms with E-state index in [0.717, 1.165) is 0 Å². The molecule has 0 aliphatic carbocycles. The van der Waals surface area contributed by atoms with Gasteiger partial charge in [-0.25, -0.2) is 4.21 Å². The lowest BCUT2D eigenvalue weighted by atomic mass is 10.1. The van der Waals surface area contributed by atoms with Gasteiger partial charge >= 0.3 is 0 Å². The summed E-state index contributed by atoms with van der Waals surface area (Å²) in [5.41, 5.74) is -0.847. The molecule has 0 amide bonds. The third-order valence-electron chi connectivity index (χ3n) is 2.81. The van der Waals surface area contributed by atoms with Crippen LogP contribution in [0.3, 0.4) is 0 Å². The monoisotopic (exact) mass is 333 g/mol. The van der Waals surface area contributed by atoms with E-state index in [-0.39, 0.29) is 28.3 Å². The van der Waals surface area contributed by atoms with Crippen molar-refractivity contribution < 1.29 is 18.1 Å². The third-order valence-corrected chi connectivity index (χ3v) is 3.12. The van der Waals surface area contributed by atoms with Gasteiger partial charge in [0, 0.05) is 5.56 Å². The Morgan fingerprint density at radius 1 is 1.39 bits per heavy atom. The van der Waals surface area contributed by atoms with Crippen LogP contribution >= 0.6 is 0 Å². The highest BCUT2D eigenvalue weighted by atomic mass is 32.2. The van der Waals surface area contributed by atoms with Crippen LogP contribution in [0.5, 0.6) is 11.6 Å². The Labute approximate surface area is 132 Å². The molecule has 2 N–H and O–H groups in total. The zero-order chi connectivity index (χ0) is 17.0. The molecule has 1 aromatic carbocycles. The van der Waals surface area contributed by atoms with Crippen LogP contribution in [0.15, 0.2) is 39.3 Å². The Hall–Kier alpha value is -3.03. The molecule has 10 heteroatoms. The van der Waals surface area contributed by atoms with Crippen molar-refractivity contribution >= 4 is 22.7 Å². The molecule has 9 nitrogen and oxygen atoms in total. The standard InChI is InChI=1S/C13H10N4O5S/c1-7-8(6-14)12(18)15-13(19)11(7)17-16-9-4-2-3-5-10(9)22-23(20)21/h2-5H,1H3,(H,20,21)(H2,15,18,19)/p-1. The van der Waals surface area contributed by atoms with Crippen LogP contribution in [0, 0.1) is 18.3 Å². The number of azo groups is 1. The van der Waals surface area contributed by atoms with Gasteiger partial charge in [-0.2, -0.15) is 5.26 Å². The highest BCUT2D eigenvalue weighted by molar-refractivity contribution is 7.74. The number of aromatic amines is 1. The third kappa shape index (κ3) is 3.60. The lowest BCUT2D eigenvalue weighted by Crippen LogP contribution is -2.08. The predicted molar refractivity (Wildman–Crippen MR) is 78.3 cm³/mol. The van der Waals surface area contributed by atoms with Crippen LogP contribution in [0.2, 0.25) is 0 Å². The number of rotatable bonds is 4. The molecule has 118 valence electrons. The summed E-state index contributed by atoms with van der Waals surface area (Å²) >= 11 is -2.79. The number of pyridine rings is 1. The lowest BCUT2D eigenvalue weighted by Gasteiger charge is -2.08. The Morgan fingerprint density at radius 3 is 2.74 bits per heavy atom. The second kappa shape index (κ2) is 6.82. The van der Waals surface area contributed by atoms with Crippen LogP contribution < -0.4 is 9.74 Å². The number of aromatic nitrogens is 1. The first-order chi connectivity index (χ1) is 10.9. The van der Waals surface area contributed by atoms with Gasteiger partial charge in [-0.05, 0) is 19.1 Å². The zero-order valence-corrected chi connectivity index (χ0v) is 12.5. The maximum atomic E-state index is 11.8. The highest BCUT2D eigenvalue weighted by Gasteiger charge is 2.14. The minimum Gasteiger partial charge on any atom is -0.740 e. The quantitative estimate of drug-likeness (QED) is 0.643. The number of aromatic hydroxyl groups is 1. The molecule has 1 unspecified atom stereocenters. The average Bonchev–Trinajstić information content (AvgIpc) is 2.48. The predicted octanol–water partition coefficient (Wildman–Crippen LogP) is 1.85. The fraction of sp³-hybridized carbons (Fsp3) is 0.0769. The summed E-state index contributed by atoms with van der Waals surface area (Å²) in [5, 5.41) is 25.9. The van der Waals surface area contributed by atoms with Gasteiger partial charge in [-0.3, -0.25) is 9.78 Å². The maximum absolute atomic E-state index is 11.8. The molecule has 0 fully saturated rings. The summed E-state index contributed by atoms with van der Waals surface area (Å²) in [6, 6.07) is 7.64. The van der Waals surface area contributed by atoms with Crippen LogP contribution in [0.1, 0.15) is 11.1 Å². The van der Waals surface area contributed by atoms with E-state index in [0.29, 0.717) is 0 Å². The number of nitrogens with zero attached hydrogens (tertiary/aromatic N) is 3. The van der Waals surface area contributed by atoms with Gasteiger partial charge in [0.2, 0.25) is 5.88 Å². The van der Waals surface area contributed by atoms with Crippen molar-refractivity contribution in [2.24, 2.45) is 10.2 Å². The molecule has 0 saturated carbocycles. The average molecular weight is 333 g/mol. The van der Waals surface area contributed by atoms with Crippen molar-refractivity contribution in [2.45, 2.75) is 6.92 Å². The van der Waals surface area contributed by atoms with E-state index in [9.17, 15) is 18.7 Å². The molecule has 1 atom stereocenters. The highest BCUT2D eigenvalue weighted by Crippen LogP contribution is 2.30. The molecule has 1 heterocycles. The number of hydrogen-bond donors (Lipinski definition) is 2. The molecule has 0 spiro atoms. The molecule has 23 heavy (non-hydrogen) atoms. The van der Waals surface area contributed by atoms with Crippen molar-refractivity contribution in [3.8, 4) is 17.7 Å². The fourth-order valence-corrected chi connectivity index (χ4v) is 2.03. The summed E-state index contributed by atoms with van der Waals surface area (Å²) in [4.78, 5) is 13.9. The minimum absolute atomic E-state index is 0.0713. The van der Waals surface area contributed by atoms with E-state index in [4.69, 9.17) is 5.26 Å². The molecule has 0 aliphatic heterocycles. The first-order valence-electron chi connectivity index (χ1n) is 6.08. The molecule has 0 aliphatic rings. The van der Waals surface area contributed by atoms with Gasteiger partial charge in [-0.1, -0.05) is 12.1 Å². The largest absolute Gasteiger partial charge is 0.740 e. The van der Waals surface area contributed by atoms with Gasteiger partial charge in [0.1, 0.15) is 28.7 Å². The van der Waals surface area contributed by atoms with Gasteiger partial charge in [0.15, 0.2) is 11.4 Å². The SMILES string of the molecule is Cc1c(C#N)c(O)[nH]c(=O)c1N=Nc1ccccc1OS(=O)[O-]. The number of hydrogen-bond acceptors (Lipinski definition) is 8. The van der Waals surface area contributed by atoms with E-state index in [2.05, 4.69) is 19.4 Å². The van der Waals surface area contributed by atoms with E-state index in [1.807, 2.05) is 0 Å². The lowest BCUT2D eigenvalue weighted by molar-refractivity contribution is 0.440. The summed E-state index contributed by atoms with van der Waals surface area (Å²) < 4.78 is 25.8. The van der Waals surface area contributed by atoms with E-state index in [1.165, 1.54) is 25.1 Å². The molecule has 1 aromatic heterocycles. The van der Waals surface area contributed by atoms with Crippen LogP contribution in [0.4, 0.5) is 11.4 Å². The van der Waals surface area contributed by atoms with Gasteiger partial charge in [0.25, 0.3) is 5.56 Å². The van der Waals surface area contributed by atoms with Gasteiger partial charge < -0.3 is 13.8 Å². The molecule has 0 saturated heterocycles. The normalized spacial score (nSPS) is 12.0. The molecular formula is C13H9N4O5S-. The summed E-state index contributed by atoms with van der Waals surface area (Å²) in [5.74, 6) is -0.627. The number of para-hydroxylation sites is 1. The first-order valence-corrected chi connectivity index (χ1v) is 7.08. The van der Waals surface area contributed by atoms with E-state index >= 15 is 0 Å². The topological polar surface area (TPSA) is 151 Å². The van der Waals surface area contributed by atoms with Gasteiger partial charge in [0.05, 0.1) is 0 Å². The second-order valence-corrected chi connectivity index (χ2v) is 4.79. The van der Waals surface area contributed by atoms with Crippen molar-refractivity contribution in [3.05, 3.63) is 45.7 Å². The molecule has 0 bridgehead atoms. The Kier molecular flexibility index (Phi) is 4.85. The summed E-state index contributed by atoms with van der Waals surface area (Å²) in [6.45, 7) is 1.43. The Balaban J connectivity index is 2.49. The van der Waals surface area contributed by atoms with E-state index in [1.54, 1.807) is 12.1 Å². The molecular weight excluding hydrogens is 324 g/mol. The van der Waals surface area contributed by atoms with Crippen LogP contribution in [0.25, 0.3) is 0 Å². The van der Waals surface area contributed by atoms with Crippen molar-refractivity contribution in [3.63, 3.8) is 0 Å². The first kappa shape index (κ1) is 16.3. The minimum atomic E-state index is -2.79. The number of nitrogens with one attached hydrogen (secondary N) is 1. The molecule has 2 aromatic rings. The Bertz CT molecular complexity index is 900. The van der Waals surface area contributed by atoms with E-state index < -0.39 is 22.8 Å². The Morgan fingerprint density at radius 2 is 2.09 bits per heavy atom. The van der Waals surface area contributed by atoms with Crippen molar-refractivity contribution in [2.75, 3.05) is 0 Å². The van der Waals surface area contributed by atoms with Crippen molar-refractivity contribution in [1.29, 1.82) is 5.26 Å². The summed E-state index contributed by atoms with van der Waals surface area (Å²) in [6.07, 6.45) is 0. The molecule has 2 rings (SSSR count).